The van der Waals surface area contributed by atoms with Gasteiger partial charge in [0.2, 0.25) is 24.0 Å². The first-order valence-corrected chi connectivity index (χ1v) is 18.4. The van der Waals surface area contributed by atoms with Gasteiger partial charge in [0.15, 0.2) is 6.10 Å². The smallest absolute Gasteiger partial charge is 0.333 e. The van der Waals surface area contributed by atoms with Crippen molar-refractivity contribution in [3.05, 3.63) is 23.8 Å². The number of nitrogens with two attached hydrogens (primary N) is 1. The highest BCUT2D eigenvalue weighted by atomic mass is 16.7. The van der Waals surface area contributed by atoms with Crippen LogP contribution in [0.1, 0.15) is 86.1 Å². The van der Waals surface area contributed by atoms with Crippen molar-refractivity contribution in [1.29, 1.82) is 0 Å². The lowest BCUT2D eigenvalue weighted by molar-refractivity contribution is -0.195. The molecule has 18 heteroatoms. The van der Waals surface area contributed by atoms with Crippen LogP contribution in [-0.4, -0.2) is 103 Å². The molecule has 55 heavy (non-hydrogen) atoms. The van der Waals surface area contributed by atoms with Gasteiger partial charge in [0.1, 0.15) is 24.2 Å². The van der Waals surface area contributed by atoms with Gasteiger partial charge in [-0.1, -0.05) is 54.5 Å². The Balaban J connectivity index is 0.00000196. The molecule has 1 aromatic carbocycles. The zero-order valence-electron chi connectivity index (χ0n) is 32.8. The molecule has 1 aliphatic rings. The van der Waals surface area contributed by atoms with Gasteiger partial charge in [-0.25, -0.2) is 9.59 Å². The van der Waals surface area contributed by atoms with Gasteiger partial charge in [-0.2, -0.15) is 0 Å². The van der Waals surface area contributed by atoms with Crippen molar-refractivity contribution in [1.82, 2.24) is 16.0 Å². The van der Waals surface area contributed by atoms with Crippen molar-refractivity contribution < 1.29 is 62.7 Å². The van der Waals surface area contributed by atoms with Crippen LogP contribution in [0.3, 0.4) is 0 Å². The van der Waals surface area contributed by atoms with Crippen molar-refractivity contribution in [3.63, 3.8) is 0 Å². The zero-order chi connectivity index (χ0) is 41.7. The molecule has 8 N–H and O–H groups in total. The number of aliphatic hydroxyl groups excluding tert-OH is 1. The van der Waals surface area contributed by atoms with Gasteiger partial charge in [0.05, 0.1) is 37.5 Å². The van der Waals surface area contributed by atoms with Crippen LogP contribution >= 0.6 is 0 Å². The predicted molar refractivity (Wildman–Crippen MR) is 199 cm³/mol. The maximum Gasteiger partial charge on any atom is 0.333 e. The molecule has 310 valence electrons. The summed E-state index contributed by atoms with van der Waals surface area (Å²) in [6.07, 6.45) is -2.38. The van der Waals surface area contributed by atoms with Crippen LogP contribution < -0.4 is 31.7 Å². The number of carbonyl (C=O) groups is 7. The van der Waals surface area contributed by atoms with Crippen LogP contribution in [0, 0.1) is 17.8 Å². The molecular formula is C37H59N5O13. The fourth-order valence-corrected chi connectivity index (χ4v) is 4.65. The second-order valence-corrected chi connectivity index (χ2v) is 13.8. The Morgan fingerprint density at radius 3 is 2.16 bits per heavy atom. The second-order valence-electron chi connectivity index (χ2n) is 13.8. The minimum atomic E-state index is -1.29. The quantitative estimate of drug-likeness (QED) is 0.0696. The van der Waals surface area contributed by atoms with Gasteiger partial charge in [0.25, 0.3) is 0 Å². The number of carboxylic acids is 1. The topological polar surface area (TPSA) is 271 Å². The minimum absolute atomic E-state index is 0.0204. The molecule has 1 fully saturated rings. The molecule has 4 unspecified atom stereocenters. The van der Waals surface area contributed by atoms with Crippen LogP contribution in [0.5, 0.6) is 5.75 Å². The second kappa shape index (κ2) is 25.3. The van der Waals surface area contributed by atoms with Crippen molar-refractivity contribution in [2.75, 3.05) is 31.6 Å². The number of benzene rings is 1. The standard InChI is InChI=1S/C33H49N3O12.C4H10N2O/c1-18(2)24(38)9-11-45-12-10-27(39)36-30(19(3)4)31(41)34-16-28(40)35-23-13-21(17-46-33(44)20(5)6)7-8-25(23)47-29-15-22(37)14-26(48-29)32(42)43;1-2-3-6-4(5)7/h7-8,13,18-20,22,26,29-30,37H,9-12,14-17H2,1-6H3,(H,34,41)(H,35,40)(H,36,39)(H,42,43);2-3H2,1H3,(H3,5,6,7). The first-order chi connectivity index (χ1) is 25.8. The number of urea groups is 1. The number of carbonyl (C=O) groups excluding carboxylic acids is 6. The van der Waals surface area contributed by atoms with Gasteiger partial charge < -0.3 is 56.2 Å². The number of ether oxygens (including phenoxy) is 4. The predicted octanol–water partition coefficient (Wildman–Crippen LogP) is 2.00. The fourth-order valence-electron chi connectivity index (χ4n) is 4.65. The summed E-state index contributed by atoms with van der Waals surface area (Å²) >= 11 is 0. The van der Waals surface area contributed by atoms with Crippen LogP contribution in [0.4, 0.5) is 10.5 Å². The summed E-state index contributed by atoms with van der Waals surface area (Å²) in [5, 5.41) is 29.7. The molecule has 0 radical (unpaired) electrons. The fraction of sp³-hybridized carbons (Fsp3) is 0.649. The number of carboxylic acid groups (broad SMARTS) is 1. The molecule has 1 aromatic rings. The number of anilines is 1. The highest BCUT2D eigenvalue weighted by Crippen LogP contribution is 2.30. The summed E-state index contributed by atoms with van der Waals surface area (Å²) in [5.41, 5.74) is 5.35. The van der Waals surface area contributed by atoms with E-state index in [4.69, 9.17) is 24.7 Å². The molecule has 1 saturated heterocycles. The highest BCUT2D eigenvalue weighted by molar-refractivity contribution is 5.97. The van der Waals surface area contributed by atoms with E-state index < -0.39 is 66.8 Å². The van der Waals surface area contributed by atoms with Crippen molar-refractivity contribution in [3.8, 4) is 5.75 Å². The van der Waals surface area contributed by atoms with E-state index in [0.29, 0.717) is 12.1 Å². The number of aliphatic carboxylic acids is 1. The van der Waals surface area contributed by atoms with Gasteiger partial charge in [-0.3, -0.25) is 24.0 Å². The Labute approximate surface area is 321 Å². The first kappa shape index (κ1) is 48.2. The Kier molecular flexibility index (Phi) is 22.2. The summed E-state index contributed by atoms with van der Waals surface area (Å²) in [5.74, 6) is -3.97. The number of primary amides is 1. The number of esters is 1. The number of hydrogen-bond donors (Lipinski definition) is 7. The largest absolute Gasteiger partial charge is 0.479 e. The molecule has 1 heterocycles. The van der Waals surface area contributed by atoms with Crippen LogP contribution in [-0.2, 0) is 49.6 Å². The summed E-state index contributed by atoms with van der Waals surface area (Å²) in [6, 6.07) is 3.17. The molecule has 0 aliphatic carbocycles. The van der Waals surface area contributed by atoms with Crippen molar-refractivity contribution >= 4 is 47.2 Å². The van der Waals surface area contributed by atoms with E-state index in [1.807, 2.05) is 6.92 Å². The van der Waals surface area contributed by atoms with Crippen LogP contribution in [0.25, 0.3) is 0 Å². The molecule has 0 aromatic heterocycles. The Morgan fingerprint density at radius 1 is 0.927 bits per heavy atom. The average molecular weight is 782 g/mol. The first-order valence-electron chi connectivity index (χ1n) is 18.4. The Bertz CT molecular complexity index is 1440. The molecule has 0 spiro atoms. The molecule has 18 nitrogen and oxygen atoms in total. The third-order valence-electron chi connectivity index (χ3n) is 7.82. The molecule has 0 bridgehead atoms. The monoisotopic (exact) mass is 781 g/mol. The maximum absolute atomic E-state index is 13.0. The molecular weight excluding hydrogens is 722 g/mol. The summed E-state index contributed by atoms with van der Waals surface area (Å²) in [6.45, 7) is 12.8. The van der Waals surface area contributed by atoms with Gasteiger partial charge >= 0.3 is 18.0 Å². The number of Topliss-reactive ketones (excluding diaryl/α,β-unsaturated/α-hetero) is 1. The van der Waals surface area contributed by atoms with Crippen molar-refractivity contribution in [2.24, 2.45) is 23.5 Å². The summed E-state index contributed by atoms with van der Waals surface area (Å²) in [7, 11) is 0. The lowest BCUT2D eigenvalue weighted by Crippen LogP contribution is -2.51. The Hall–Kier alpha value is -4.81. The van der Waals surface area contributed by atoms with E-state index >= 15 is 0 Å². The molecule has 1 aliphatic heterocycles. The lowest BCUT2D eigenvalue weighted by Gasteiger charge is -2.31. The third kappa shape index (κ3) is 19.9. The summed E-state index contributed by atoms with van der Waals surface area (Å²) < 4.78 is 21.9. The van der Waals surface area contributed by atoms with E-state index in [-0.39, 0.29) is 80.5 Å². The number of hydrogen-bond acceptors (Lipinski definition) is 12. The van der Waals surface area contributed by atoms with Gasteiger partial charge in [-0.05, 0) is 30.0 Å². The third-order valence-corrected chi connectivity index (χ3v) is 7.82. The molecule has 0 saturated carbocycles. The van der Waals surface area contributed by atoms with Crippen LogP contribution in [0.2, 0.25) is 0 Å². The van der Waals surface area contributed by atoms with Crippen LogP contribution in [0.15, 0.2) is 18.2 Å². The average Bonchev–Trinajstić information content (AvgIpc) is 3.11. The van der Waals surface area contributed by atoms with E-state index in [2.05, 4.69) is 21.3 Å². The Morgan fingerprint density at radius 2 is 1.60 bits per heavy atom. The summed E-state index contributed by atoms with van der Waals surface area (Å²) in [4.78, 5) is 83.4. The van der Waals surface area contributed by atoms with E-state index in [0.717, 1.165) is 6.42 Å². The van der Waals surface area contributed by atoms with E-state index in [1.165, 1.54) is 12.1 Å². The number of ketones is 1. The van der Waals surface area contributed by atoms with Gasteiger partial charge in [0, 0.05) is 38.1 Å². The molecule has 4 atom stereocenters. The molecule has 5 amide bonds. The van der Waals surface area contributed by atoms with Crippen molar-refractivity contribution in [2.45, 2.75) is 112 Å². The highest BCUT2D eigenvalue weighted by Gasteiger charge is 2.34. The van der Waals surface area contributed by atoms with E-state index in [1.54, 1.807) is 47.6 Å². The normalized spacial score (nSPS) is 17.0. The number of amides is 5. The van der Waals surface area contributed by atoms with E-state index in [9.17, 15) is 43.8 Å². The molecule has 2 rings (SSSR count). The lowest BCUT2D eigenvalue weighted by atomic mass is 10.0. The van der Waals surface area contributed by atoms with Gasteiger partial charge in [-0.15, -0.1) is 0 Å². The SMILES string of the molecule is CC(C)C(=O)CCOCCC(=O)NC(C(=O)NCC(=O)Nc1cc(COC(=O)C(C)C)ccc1OC1CC(O)CC(C(=O)O)O1)C(C)C.CCCNC(N)=O. The number of aliphatic hydroxyl groups is 1. The maximum atomic E-state index is 13.0. The number of nitrogens with one attached hydrogen (secondary N) is 4. The zero-order valence-corrected chi connectivity index (χ0v) is 32.8. The minimum Gasteiger partial charge on any atom is -0.479 e. The number of rotatable bonds is 21.